The van der Waals surface area contributed by atoms with Crippen molar-refractivity contribution in [3.05, 3.63) is 22.6 Å². The minimum Gasteiger partial charge on any atom is -0.463 e. The van der Waals surface area contributed by atoms with Gasteiger partial charge in [-0.05, 0) is 145 Å². The molecule has 1 aromatic carbocycles. The van der Waals surface area contributed by atoms with Gasteiger partial charge in [0.15, 0.2) is 11.0 Å². The van der Waals surface area contributed by atoms with E-state index in [2.05, 4.69) is 53.4 Å². The molecule has 9 atom stereocenters. The molecule has 55 heavy (non-hydrogen) atoms. The molecule has 1 heterocycles. The molecule has 304 valence electrons. The number of rotatable bonds is 18. The summed E-state index contributed by atoms with van der Waals surface area (Å²) in [5.74, 6) is 3.82. The lowest BCUT2D eigenvalue weighted by molar-refractivity contribution is -0.146. The summed E-state index contributed by atoms with van der Waals surface area (Å²) in [7, 11) is 0. The Bertz CT molecular complexity index is 1650. The number of carbonyl (C=O) groups is 2. The van der Waals surface area contributed by atoms with Crippen LogP contribution in [0.15, 0.2) is 21.9 Å². The van der Waals surface area contributed by atoms with Crippen LogP contribution in [0.3, 0.4) is 0 Å². The van der Waals surface area contributed by atoms with Crippen molar-refractivity contribution in [3.8, 4) is 0 Å². The van der Waals surface area contributed by atoms with E-state index < -0.39 is 0 Å². The number of anilines is 2. The van der Waals surface area contributed by atoms with E-state index in [1.54, 1.807) is 11.0 Å². The molecule has 14 heteroatoms. The number of esters is 1. The highest BCUT2D eigenvalue weighted by Crippen LogP contribution is 2.68. The van der Waals surface area contributed by atoms with Gasteiger partial charge < -0.3 is 25.3 Å². The second-order valence-corrected chi connectivity index (χ2v) is 17.4. The van der Waals surface area contributed by atoms with Crippen LogP contribution in [0.2, 0.25) is 0 Å². The van der Waals surface area contributed by atoms with Gasteiger partial charge in [-0.25, -0.2) is 9.42 Å². The summed E-state index contributed by atoms with van der Waals surface area (Å²) < 4.78 is 21.3. The normalized spacial score (nSPS) is 30.4. The second-order valence-electron chi connectivity index (χ2n) is 17.4. The molecule has 4 saturated carbocycles. The van der Waals surface area contributed by atoms with Crippen molar-refractivity contribution in [1.82, 2.24) is 15.6 Å². The van der Waals surface area contributed by atoms with Crippen LogP contribution in [0.5, 0.6) is 0 Å². The molecule has 1 aromatic heterocycles. The van der Waals surface area contributed by atoms with E-state index in [1.165, 1.54) is 38.5 Å². The molecule has 2 amide bonds. The fourth-order valence-electron chi connectivity index (χ4n) is 11.7. The molecule has 3 N–H and O–H groups in total. The van der Waals surface area contributed by atoms with Crippen LogP contribution in [0.25, 0.3) is 21.5 Å². The molecule has 14 nitrogen and oxygen atoms in total. The van der Waals surface area contributed by atoms with Crippen LogP contribution in [0, 0.1) is 46.3 Å². The number of azide groups is 1. The summed E-state index contributed by atoms with van der Waals surface area (Å²) in [4.78, 5) is 31.0. The number of unbranched alkanes of at least 4 members (excludes halogenated alkanes) is 1. The van der Waals surface area contributed by atoms with Crippen LogP contribution >= 0.6 is 0 Å². The average molecular weight is 765 g/mol. The highest BCUT2D eigenvalue weighted by atomic mass is 16.6. The summed E-state index contributed by atoms with van der Waals surface area (Å²) in [6.45, 7) is 12.3. The Balaban J connectivity index is 0.975. The van der Waals surface area contributed by atoms with E-state index in [-0.39, 0.29) is 24.6 Å². The van der Waals surface area contributed by atoms with Gasteiger partial charge in [0.2, 0.25) is 0 Å². The van der Waals surface area contributed by atoms with Crippen LogP contribution in [-0.4, -0.2) is 74.5 Å². The number of benzene rings is 1. The molecule has 4 unspecified atom stereocenters. The van der Waals surface area contributed by atoms with Crippen molar-refractivity contribution in [2.45, 2.75) is 117 Å². The largest absolute Gasteiger partial charge is 0.463 e. The first kappa shape index (κ1) is 41.0. The second kappa shape index (κ2) is 18.6. The Morgan fingerprint density at radius 3 is 2.56 bits per heavy atom. The highest BCUT2D eigenvalue weighted by molar-refractivity contribution is 6.03. The topological polar surface area (TPSA) is 191 Å². The maximum Gasteiger partial charge on any atom is 0.322 e. The van der Waals surface area contributed by atoms with Crippen molar-refractivity contribution in [3.63, 3.8) is 0 Å². The fourth-order valence-corrected chi connectivity index (χ4v) is 11.7. The first-order valence-corrected chi connectivity index (χ1v) is 21.0. The number of ether oxygens (including phenoxy) is 3. The van der Waals surface area contributed by atoms with Crippen LogP contribution in [-0.2, 0) is 19.0 Å². The van der Waals surface area contributed by atoms with Crippen molar-refractivity contribution < 1.29 is 28.4 Å². The van der Waals surface area contributed by atoms with Crippen LogP contribution in [0.4, 0.5) is 16.2 Å². The lowest BCUT2D eigenvalue weighted by Gasteiger charge is -2.61. The molecule has 2 aromatic rings. The third-order valence-electron chi connectivity index (χ3n) is 14.5. The van der Waals surface area contributed by atoms with Gasteiger partial charge in [-0.15, -0.1) is 0 Å². The third-order valence-corrected chi connectivity index (χ3v) is 14.5. The first-order chi connectivity index (χ1) is 26.6. The molecular weight excluding hydrogens is 701 g/mol. The molecule has 4 fully saturated rings. The first-order valence-electron chi connectivity index (χ1n) is 21.0. The number of carbonyl (C=O) groups excluding carboxylic acids is 2. The molecule has 0 spiro atoms. The Hall–Kier alpha value is -3.61. The summed E-state index contributed by atoms with van der Waals surface area (Å²) in [6, 6.07) is 3.70. The van der Waals surface area contributed by atoms with Crippen molar-refractivity contribution in [2.24, 2.45) is 51.5 Å². The van der Waals surface area contributed by atoms with E-state index in [0.29, 0.717) is 96.9 Å². The standard InChI is InChI=1S/C41H64N8O6/c1-5-6-20-49(35-13-12-34(42)37-38(35)47-55-46-37)39(51)45-29-15-17-40(3)28(26-29)8-9-30-32-11-10-31(41(32,4)18-16-33(30)40)27(2)7-14-36(50)54-25-24-53-23-22-52-21-19-44-48-43/h12-13,27-33H,5-11,14-26,42H2,1-4H3,(H,45,51)/t27-,28-,29-,30?,31?,32?,33?,40+,41-/m1/s1. The van der Waals surface area contributed by atoms with E-state index in [0.717, 1.165) is 56.3 Å². The lowest BCUT2D eigenvalue weighted by Crippen LogP contribution is -2.56. The van der Waals surface area contributed by atoms with Crippen LogP contribution < -0.4 is 16.0 Å². The van der Waals surface area contributed by atoms with Gasteiger partial charge in [-0.3, -0.25) is 9.69 Å². The predicted molar refractivity (Wildman–Crippen MR) is 211 cm³/mol. The van der Waals surface area contributed by atoms with Crippen LogP contribution in [0.1, 0.15) is 111 Å². The summed E-state index contributed by atoms with van der Waals surface area (Å²) in [6.07, 6.45) is 14.0. The highest BCUT2D eigenvalue weighted by Gasteiger charge is 2.60. The van der Waals surface area contributed by atoms with Crippen molar-refractivity contribution >= 4 is 34.4 Å². The maximum absolute atomic E-state index is 13.9. The number of hydrogen-bond donors (Lipinski definition) is 2. The third kappa shape index (κ3) is 9.02. The molecule has 0 saturated heterocycles. The number of amides is 2. The van der Waals surface area contributed by atoms with Gasteiger partial charge in [0.1, 0.15) is 6.61 Å². The predicted octanol–water partition coefficient (Wildman–Crippen LogP) is 8.45. The monoisotopic (exact) mass is 764 g/mol. The number of urea groups is 1. The van der Waals surface area contributed by atoms with Gasteiger partial charge in [-0.2, -0.15) is 0 Å². The van der Waals surface area contributed by atoms with Gasteiger partial charge in [0.05, 0.1) is 37.8 Å². The summed E-state index contributed by atoms with van der Waals surface area (Å²) >= 11 is 0. The van der Waals surface area contributed by atoms with Crippen molar-refractivity contribution in [1.29, 1.82) is 0 Å². The van der Waals surface area contributed by atoms with Gasteiger partial charge in [0, 0.05) is 30.5 Å². The van der Waals surface area contributed by atoms with E-state index in [9.17, 15) is 9.59 Å². The van der Waals surface area contributed by atoms with E-state index in [4.69, 9.17) is 30.1 Å². The summed E-state index contributed by atoms with van der Waals surface area (Å²) in [5, 5.41) is 15.0. The number of fused-ring (bicyclic) bond motifs is 6. The molecule has 0 aliphatic heterocycles. The van der Waals surface area contributed by atoms with E-state index >= 15 is 0 Å². The molecule has 0 bridgehead atoms. The molecule has 4 aliphatic carbocycles. The van der Waals surface area contributed by atoms with Crippen molar-refractivity contribution in [2.75, 3.05) is 56.8 Å². The summed E-state index contributed by atoms with van der Waals surface area (Å²) in [5.41, 5.74) is 17.2. The van der Waals surface area contributed by atoms with Gasteiger partial charge >= 0.3 is 12.0 Å². The Morgan fingerprint density at radius 1 is 1.02 bits per heavy atom. The minimum absolute atomic E-state index is 0.0786. The smallest absolute Gasteiger partial charge is 0.322 e. The molecular formula is C41H64N8O6. The number of nitrogens with one attached hydrogen (secondary N) is 1. The zero-order chi connectivity index (χ0) is 39.0. The number of aromatic nitrogens is 2. The zero-order valence-electron chi connectivity index (χ0n) is 33.5. The Kier molecular flexibility index (Phi) is 13.8. The quantitative estimate of drug-likeness (QED) is 0.0374. The number of nitrogens with zero attached hydrogens (tertiary/aromatic N) is 6. The fraction of sp³-hybridized carbons (Fsp3) is 0.805. The minimum atomic E-state index is -0.147. The molecule has 6 rings (SSSR count). The average Bonchev–Trinajstić information content (AvgIpc) is 3.81. The lowest BCUT2D eigenvalue weighted by atomic mass is 9.44. The number of hydrogen-bond acceptors (Lipinski definition) is 10. The zero-order valence-corrected chi connectivity index (χ0v) is 33.5. The number of nitrogen functional groups attached to an aromatic ring is 1. The van der Waals surface area contributed by atoms with Gasteiger partial charge in [0.25, 0.3) is 0 Å². The number of nitrogens with two attached hydrogens (primary N) is 1. The van der Waals surface area contributed by atoms with E-state index in [1.807, 2.05) is 6.07 Å². The molecule has 0 radical (unpaired) electrons. The maximum atomic E-state index is 13.9. The Morgan fingerprint density at radius 2 is 1.76 bits per heavy atom. The SMILES string of the molecule is CCCCN(C(=O)N[C@@H]1CC[C@]2(C)C3CC[C@@]4(C)C(CCC4[C@H](C)CCC(=O)OCCOCCOCCN=[N+]=[N-])C3CC[C@@H]2C1)c1ccc(N)c2nonc12. The Labute approximate surface area is 325 Å². The van der Waals surface area contributed by atoms with Gasteiger partial charge in [-0.1, -0.05) is 39.2 Å². The molecule has 4 aliphatic rings.